The second-order valence-electron chi connectivity index (χ2n) is 6.42. The maximum absolute atomic E-state index is 11.9. The third-order valence-electron chi connectivity index (χ3n) is 4.50. The molecule has 1 N–H and O–H groups in total. The van der Waals surface area contributed by atoms with E-state index < -0.39 is 0 Å². The van der Waals surface area contributed by atoms with E-state index in [9.17, 15) is 4.79 Å². The van der Waals surface area contributed by atoms with Crippen molar-refractivity contribution in [3.05, 3.63) is 59.7 Å². The Kier molecular flexibility index (Phi) is 6.50. The minimum absolute atomic E-state index is 0.0425. The van der Waals surface area contributed by atoms with Crippen molar-refractivity contribution in [1.29, 1.82) is 0 Å². The number of rotatable bonds is 7. The molecule has 1 fully saturated rings. The van der Waals surface area contributed by atoms with Crippen molar-refractivity contribution in [2.45, 2.75) is 13.3 Å². The van der Waals surface area contributed by atoms with Crippen LogP contribution < -0.4 is 15.0 Å². The monoisotopic (exact) mass is 354 g/mol. The second kappa shape index (κ2) is 9.25. The van der Waals surface area contributed by atoms with E-state index in [4.69, 9.17) is 9.47 Å². The van der Waals surface area contributed by atoms with Crippen LogP contribution in [0.3, 0.4) is 0 Å². The Bertz CT molecular complexity index is 709. The Morgan fingerprint density at radius 2 is 1.85 bits per heavy atom. The van der Waals surface area contributed by atoms with Crippen molar-refractivity contribution in [3.63, 3.8) is 0 Å². The number of nitrogens with one attached hydrogen (secondary N) is 1. The highest BCUT2D eigenvalue weighted by molar-refractivity contribution is 5.77. The molecule has 1 heterocycles. The predicted molar refractivity (Wildman–Crippen MR) is 103 cm³/mol. The summed E-state index contributed by atoms with van der Waals surface area (Å²) in [6.07, 6.45) is 0.805. The molecular weight excluding hydrogens is 328 g/mol. The first-order valence-electron chi connectivity index (χ1n) is 9.09. The lowest BCUT2D eigenvalue weighted by Gasteiger charge is -2.28. The molecule has 0 aliphatic carbocycles. The minimum Gasteiger partial charge on any atom is -0.484 e. The largest absolute Gasteiger partial charge is 0.484 e. The average Bonchev–Trinajstić information content (AvgIpc) is 2.69. The van der Waals surface area contributed by atoms with Crippen LogP contribution in [0, 0.1) is 6.92 Å². The predicted octanol–water partition coefficient (Wildman–Crippen LogP) is 2.57. The van der Waals surface area contributed by atoms with Crippen molar-refractivity contribution in [3.8, 4) is 5.75 Å². The molecule has 0 aromatic heterocycles. The lowest BCUT2D eigenvalue weighted by Crippen LogP contribution is -2.36. The highest BCUT2D eigenvalue weighted by atomic mass is 16.5. The first-order chi connectivity index (χ1) is 12.7. The van der Waals surface area contributed by atoms with Crippen LogP contribution in [0.2, 0.25) is 0 Å². The number of anilines is 1. The number of aryl methyl sites for hydroxylation is 1. The van der Waals surface area contributed by atoms with E-state index in [-0.39, 0.29) is 12.5 Å². The van der Waals surface area contributed by atoms with Gasteiger partial charge >= 0.3 is 0 Å². The summed E-state index contributed by atoms with van der Waals surface area (Å²) in [6, 6.07) is 16.2. The van der Waals surface area contributed by atoms with Crippen LogP contribution in [0.1, 0.15) is 11.1 Å². The highest BCUT2D eigenvalue weighted by Crippen LogP contribution is 2.17. The van der Waals surface area contributed by atoms with Gasteiger partial charge in [0.1, 0.15) is 5.75 Å². The first kappa shape index (κ1) is 18.3. The van der Waals surface area contributed by atoms with Crippen LogP contribution in [0.15, 0.2) is 48.5 Å². The molecule has 0 spiro atoms. The van der Waals surface area contributed by atoms with E-state index in [1.165, 1.54) is 11.3 Å². The maximum Gasteiger partial charge on any atom is 0.257 e. The summed E-state index contributed by atoms with van der Waals surface area (Å²) in [5.74, 6) is 0.652. The molecule has 1 aliphatic heterocycles. The molecule has 1 saturated heterocycles. The molecule has 1 aliphatic rings. The van der Waals surface area contributed by atoms with Crippen molar-refractivity contribution in [2.75, 3.05) is 44.4 Å². The van der Waals surface area contributed by atoms with Gasteiger partial charge in [-0.3, -0.25) is 4.79 Å². The standard InChI is InChI=1S/C21H26N2O3/c1-17-4-2-3-5-20(17)26-16-21(24)22-11-10-18-6-8-19(9-7-18)23-12-14-25-15-13-23/h2-9H,10-16H2,1H3,(H,22,24). The Morgan fingerprint density at radius 1 is 1.12 bits per heavy atom. The van der Waals surface area contributed by atoms with E-state index >= 15 is 0 Å². The van der Waals surface area contributed by atoms with E-state index in [0.717, 1.165) is 44.0 Å². The number of benzene rings is 2. The topological polar surface area (TPSA) is 50.8 Å². The van der Waals surface area contributed by atoms with Crippen LogP contribution >= 0.6 is 0 Å². The van der Waals surface area contributed by atoms with E-state index in [0.29, 0.717) is 6.54 Å². The van der Waals surface area contributed by atoms with Gasteiger partial charge in [-0.05, 0) is 42.7 Å². The number of hydrogen-bond donors (Lipinski definition) is 1. The summed E-state index contributed by atoms with van der Waals surface area (Å²) in [4.78, 5) is 14.3. The van der Waals surface area contributed by atoms with Crippen molar-refractivity contribution >= 4 is 11.6 Å². The molecule has 0 unspecified atom stereocenters. The lowest BCUT2D eigenvalue weighted by molar-refractivity contribution is -0.123. The molecule has 3 rings (SSSR count). The molecule has 0 bridgehead atoms. The first-order valence-corrected chi connectivity index (χ1v) is 9.09. The molecule has 1 amide bonds. The molecule has 5 nitrogen and oxygen atoms in total. The van der Waals surface area contributed by atoms with Crippen LogP contribution in [0.4, 0.5) is 5.69 Å². The van der Waals surface area contributed by atoms with Gasteiger partial charge in [0.25, 0.3) is 5.91 Å². The Labute approximate surface area is 154 Å². The maximum atomic E-state index is 11.9. The number of morpholine rings is 1. The zero-order valence-electron chi connectivity index (χ0n) is 15.2. The average molecular weight is 354 g/mol. The van der Waals surface area contributed by atoms with Gasteiger partial charge in [-0.2, -0.15) is 0 Å². The van der Waals surface area contributed by atoms with E-state index in [2.05, 4.69) is 34.5 Å². The SMILES string of the molecule is Cc1ccccc1OCC(=O)NCCc1ccc(N2CCOCC2)cc1. The number of hydrogen-bond acceptors (Lipinski definition) is 4. The normalized spacial score (nSPS) is 14.1. The third kappa shape index (κ3) is 5.23. The zero-order valence-corrected chi connectivity index (χ0v) is 15.2. The van der Waals surface area contributed by atoms with Crippen LogP contribution in [-0.4, -0.2) is 45.4 Å². The Balaban J connectivity index is 1.38. The number of para-hydroxylation sites is 1. The number of ether oxygens (including phenoxy) is 2. The summed E-state index contributed by atoms with van der Waals surface area (Å²) in [5.41, 5.74) is 3.47. The Morgan fingerprint density at radius 3 is 2.58 bits per heavy atom. The van der Waals surface area contributed by atoms with Gasteiger partial charge in [0.05, 0.1) is 13.2 Å². The number of amides is 1. The molecular formula is C21H26N2O3. The summed E-state index contributed by atoms with van der Waals surface area (Å²) < 4.78 is 10.9. The summed E-state index contributed by atoms with van der Waals surface area (Å²) in [5, 5.41) is 2.91. The Hall–Kier alpha value is -2.53. The quantitative estimate of drug-likeness (QED) is 0.830. The molecule has 0 atom stereocenters. The van der Waals surface area contributed by atoms with Crippen molar-refractivity contribution in [2.24, 2.45) is 0 Å². The molecule has 5 heteroatoms. The molecule has 0 radical (unpaired) electrons. The van der Waals surface area contributed by atoms with Gasteiger partial charge in [0.2, 0.25) is 0 Å². The fourth-order valence-corrected chi connectivity index (χ4v) is 2.95. The van der Waals surface area contributed by atoms with Crippen molar-refractivity contribution in [1.82, 2.24) is 5.32 Å². The molecule has 138 valence electrons. The fourth-order valence-electron chi connectivity index (χ4n) is 2.95. The molecule has 2 aromatic carbocycles. The van der Waals surface area contributed by atoms with Gasteiger partial charge < -0.3 is 19.7 Å². The summed E-state index contributed by atoms with van der Waals surface area (Å²) in [7, 11) is 0. The van der Waals surface area contributed by atoms with Gasteiger partial charge in [0, 0.05) is 25.3 Å². The lowest BCUT2D eigenvalue weighted by atomic mass is 10.1. The minimum atomic E-state index is -0.0989. The van der Waals surface area contributed by atoms with E-state index in [1.54, 1.807) is 0 Å². The summed E-state index contributed by atoms with van der Waals surface area (Å²) >= 11 is 0. The van der Waals surface area contributed by atoms with Crippen LogP contribution in [0.25, 0.3) is 0 Å². The van der Waals surface area contributed by atoms with Crippen LogP contribution in [-0.2, 0) is 16.0 Å². The second-order valence-corrected chi connectivity index (χ2v) is 6.42. The molecule has 26 heavy (non-hydrogen) atoms. The highest BCUT2D eigenvalue weighted by Gasteiger charge is 2.10. The van der Waals surface area contributed by atoms with E-state index in [1.807, 2.05) is 31.2 Å². The molecule has 0 saturated carbocycles. The van der Waals surface area contributed by atoms with Gasteiger partial charge in [-0.1, -0.05) is 30.3 Å². The van der Waals surface area contributed by atoms with Crippen molar-refractivity contribution < 1.29 is 14.3 Å². The third-order valence-corrected chi connectivity index (χ3v) is 4.50. The number of carbonyl (C=O) groups excluding carboxylic acids is 1. The number of nitrogens with zero attached hydrogens (tertiary/aromatic N) is 1. The fraction of sp³-hybridized carbons (Fsp3) is 0.381. The number of carbonyl (C=O) groups is 1. The molecule has 2 aromatic rings. The van der Waals surface area contributed by atoms with Gasteiger partial charge in [-0.25, -0.2) is 0 Å². The summed E-state index contributed by atoms with van der Waals surface area (Å²) in [6.45, 7) is 6.07. The zero-order chi connectivity index (χ0) is 18.2. The van der Waals surface area contributed by atoms with Gasteiger partial charge in [0.15, 0.2) is 6.61 Å². The smallest absolute Gasteiger partial charge is 0.257 e. The van der Waals surface area contributed by atoms with Gasteiger partial charge in [-0.15, -0.1) is 0 Å². The van der Waals surface area contributed by atoms with Crippen LogP contribution in [0.5, 0.6) is 5.75 Å².